The van der Waals surface area contributed by atoms with Gasteiger partial charge < -0.3 is 14.1 Å². The maximum absolute atomic E-state index is 11.8. The van der Waals surface area contributed by atoms with Crippen LogP contribution < -0.4 is 4.72 Å². The van der Waals surface area contributed by atoms with Gasteiger partial charge in [-0.15, -0.1) is 0 Å². The molecule has 0 fully saturated rings. The third-order valence-electron chi connectivity index (χ3n) is 2.45. The van der Waals surface area contributed by atoms with E-state index >= 15 is 0 Å². The van der Waals surface area contributed by atoms with Gasteiger partial charge in [0, 0.05) is 26.7 Å². The van der Waals surface area contributed by atoms with Crippen LogP contribution in [0.3, 0.4) is 0 Å². The highest BCUT2D eigenvalue weighted by Gasteiger charge is 2.18. The van der Waals surface area contributed by atoms with Crippen LogP contribution in [0.5, 0.6) is 0 Å². The lowest BCUT2D eigenvalue weighted by Crippen LogP contribution is -2.34. The first kappa shape index (κ1) is 15.8. The minimum absolute atomic E-state index is 0.0161. The van der Waals surface area contributed by atoms with Gasteiger partial charge >= 0.3 is 0 Å². The molecule has 0 aromatic carbocycles. The first-order valence-electron chi connectivity index (χ1n) is 5.72. The molecular weight excluding hydrogens is 272 g/mol. The van der Waals surface area contributed by atoms with Gasteiger partial charge in [-0.25, -0.2) is 13.1 Å². The molecule has 1 heterocycles. The van der Waals surface area contributed by atoms with E-state index in [1.54, 1.807) is 7.11 Å². The monoisotopic (exact) mass is 290 g/mol. The van der Waals surface area contributed by atoms with E-state index in [4.69, 9.17) is 9.15 Å². The van der Waals surface area contributed by atoms with Crippen LogP contribution in [0.25, 0.3) is 0 Å². The zero-order valence-corrected chi connectivity index (χ0v) is 11.8. The van der Waals surface area contributed by atoms with Crippen molar-refractivity contribution in [2.24, 2.45) is 0 Å². The maximum atomic E-state index is 11.8. The van der Waals surface area contributed by atoms with Crippen molar-refractivity contribution in [3.8, 4) is 0 Å². The molecule has 0 bridgehead atoms. The molecular formula is C11H18N2O5S. The fourth-order valence-electron chi connectivity index (χ4n) is 1.34. The van der Waals surface area contributed by atoms with E-state index in [0.717, 1.165) is 0 Å². The summed E-state index contributed by atoms with van der Waals surface area (Å²) in [6.07, 6.45) is 0.456. The summed E-state index contributed by atoms with van der Waals surface area (Å²) in [7, 11) is -0.224. The molecule has 1 aromatic rings. The average Bonchev–Trinajstić information content (AvgIpc) is 2.85. The number of nitrogens with zero attached hydrogens (tertiary/aromatic N) is 1. The lowest BCUT2D eigenvalue weighted by Gasteiger charge is -2.15. The van der Waals surface area contributed by atoms with Crippen molar-refractivity contribution in [3.63, 3.8) is 0 Å². The highest BCUT2D eigenvalue weighted by Crippen LogP contribution is 2.11. The minimum Gasteiger partial charge on any atom is -0.440 e. The SMILES string of the molecule is COCCN(C)CCNS(=O)(=O)c1ccc(C=O)o1. The summed E-state index contributed by atoms with van der Waals surface area (Å²) >= 11 is 0. The number of aldehydes is 1. The van der Waals surface area contributed by atoms with Crippen molar-refractivity contribution in [3.05, 3.63) is 17.9 Å². The predicted molar refractivity (Wildman–Crippen MR) is 68.7 cm³/mol. The molecule has 0 unspecified atom stereocenters. The van der Waals surface area contributed by atoms with E-state index < -0.39 is 10.0 Å². The standard InChI is InChI=1S/C11H18N2O5S/c1-13(7-8-17-2)6-5-12-19(15,16)11-4-3-10(9-14)18-11/h3-4,9,12H,5-8H2,1-2H3. The number of likely N-dealkylation sites (N-methyl/N-ethyl adjacent to an activating group) is 1. The van der Waals surface area contributed by atoms with Crippen LogP contribution >= 0.6 is 0 Å². The van der Waals surface area contributed by atoms with Gasteiger partial charge in [0.05, 0.1) is 6.61 Å². The third-order valence-corrected chi connectivity index (χ3v) is 3.78. The number of methoxy groups -OCH3 is 1. The predicted octanol–water partition coefficient (Wildman–Crippen LogP) is -0.0514. The Morgan fingerprint density at radius 3 is 2.74 bits per heavy atom. The summed E-state index contributed by atoms with van der Waals surface area (Å²) in [6, 6.07) is 2.56. The van der Waals surface area contributed by atoms with Crippen LogP contribution in [0, 0.1) is 0 Å². The Morgan fingerprint density at radius 1 is 1.42 bits per heavy atom. The van der Waals surface area contributed by atoms with Gasteiger partial charge in [-0.3, -0.25) is 4.79 Å². The highest BCUT2D eigenvalue weighted by atomic mass is 32.2. The molecule has 0 amide bonds. The Bertz CT molecular complexity index is 497. The number of carbonyl (C=O) groups excluding carboxylic acids is 1. The summed E-state index contributed by atoms with van der Waals surface area (Å²) in [5.74, 6) is -0.0161. The second kappa shape index (κ2) is 7.39. The first-order valence-corrected chi connectivity index (χ1v) is 7.20. The zero-order chi connectivity index (χ0) is 14.3. The van der Waals surface area contributed by atoms with Crippen LogP contribution in [0.4, 0.5) is 0 Å². The second-order valence-corrected chi connectivity index (χ2v) is 5.67. The quantitative estimate of drug-likeness (QED) is 0.641. The van der Waals surface area contributed by atoms with Crippen LogP contribution in [0.2, 0.25) is 0 Å². The maximum Gasteiger partial charge on any atom is 0.274 e. The Hall–Kier alpha value is -1.22. The molecule has 8 heteroatoms. The number of ether oxygens (including phenoxy) is 1. The summed E-state index contributed by atoms with van der Waals surface area (Å²) in [5.41, 5.74) is 0. The van der Waals surface area contributed by atoms with Crippen molar-refractivity contribution in [2.75, 3.05) is 40.4 Å². The number of hydrogen-bond acceptors (Lipinski definition) is 6. The molecule has 1 aromatic heterocycles. The van der Waals surface area contributed by atoms with Crippen LogP contribution in [-0.2, 0) is 14.8 Å². The van der Waals surface area contributed by atoms with E-state index in [2.05, 4.69) is 4.72 Å². The van der Waals surface area contributed by atoms with Crippen molar-refractivity contribution in [2.45, 2.75) is 5.09 Å². The molecule has 7 nitrogen and oxygen atoms in total. The number of carbonyl (C=O) groups is 1. The molecule has 0 aliphatic heterocycles. The molecule has 0 radical (unpaired) electrons. The fourth-order valence-corrected chi connectivity index (χ4v) is 2.30. The summed E-state index contributed by atoms with van der Waals surface area (Å²) < 4.78 is 35.8. The van der Waals surface area contributed by atoms with Crippen LogP contribution in [-0.4, -0.2) is 60.0 Å². The van der Waals surface area contributed by atoms with E-state index in [1.165, 1.54) is 12.1 Å². The molecule has 0 aliphatic carbocycles. The Labute approximate surface area is 112 Å². The molecule has 0 aliphatic rings. The fraction of sp³-hybridized carbons (Fsp3) is 0.545. The first-order chi connectivity index (χ1) is 8.99. The summed E-state index contributed by atoms with van der Waals surface area (Å²) in [4.78, 5) is 12.4. The van der Waals surface area contributed by atoms with Gasteiger partial charge in [-0.05, 0) is 19.2 Å². The van der Waals surface area contributed by atoms with Crippen molar-refractivity contribution >= 4 is 16.3 Å². The lowest BCUT2D eigenvalue weighted by atomic mass is 10.5. The number of hydrogen-bond donors (Lipinski definition) is 1. The smallest absolute Gasteiger partial charge is 0.274 e. The van der Waals surface area contributed by atoms with E-state index in [-0.39, 0.29) is 17.4 Å². The molecule has 1 rings (SSSR count). The average molecular weight is 290 g/mol. The molecule has 0 spiro atoms. The normalized spacial score (nSPS) is 11.9. The largest absolute Gasteiger partial charge is 0.440 e. The van der Waals surface area contributed by atoms with E-state index in [1.807, 2.05) is 11.9 Å². The van der Waals surface area contributed by atoms with Crippen molar-refractivity contribution in [1.82, 2.24) is 9.62 Å². The highest BCUT2D eigenvalue weighted by molar-refractivity contribution is 7.89. The third kappa shape index (κ3) is 5.11. The van der Waals surface area contributed by atoms with Gasteiger partial charge in [-0.1, -0.05) is 0 Å². The van der Waals surface area contributed by atoms with Gasteiger partial charge in [0.25, 0.3) is 10.0 Å². The van der Waals surface area contributed by atoms with E-state index in [9.17, 15) is 13.2 Å². The number of rotatable bonds is 9. The van der Waals surface area contributed by atoms with Gasteiger partial charge in [0.1, 0.15) is 0 Å². The number of nitrogens with one attached hydrogen (secondary N) is 1. The van der Waals surface area contributed by atoms with Crippen molar-refractivity contribution < 1.29 is 22.4 Å². The summed E-state index contributed by atoms with van der Waals surface area (Å²) in [6.45, 7) is 2.10. The number of furan rings is 1. The summed E-state index contributed by atoms with van der Waals surface area (Å²) in [5, 5.41) is -0.255. The Morgan fingerprint density at radius 2 is 2.16 bits per heavy atom. The topological polar surface area (TPSA) is 88.9 Å². The Balaban J connectivity index is 2.45. The minimum atomic E-state index is -3.70. The molecule has 0 atom stereocenters. The van der Waals surface area contributed by atoms with Gasteiger partial charge in [0.2, 0.25) is 5.09 Å². The number of sulfonamides is 1. The van der Waals surface area contributed by atoms with Gasteiger partial charge in [-0.2, -0.15) is 0 Å². The Kier molecular flexibility index (Phi) is 6.16. The van der Waals surface area contributed by atoms with Crippen LogP contribution in [0.1, 0.15) is 10.6 Å². The zero-order valence-electron chi connectivity index (χ0n) is 11.0. The van der Waals surface area contributed by atoms with Crippen molar-refractivity contribution in [1.29, 1.82) is 0 Å². The molecule has 108 valence electrons. The van der Waals surface area contributed by atoms with E-state index in [0.29, 0.717) is 26.0 Å². The van der Waals surface area contributed by atoms with Crippen LogP contribution in [0.15, 0.2) is 21.6 Å². The second-order valence-electron chi connectivity index (χ2n) is 3.97. The molecule has 1 N–H and O–H groups in total. The molecule has 0 saturated heterocycles. The molecule has 19 heavy (non-hydrogen) atoms. The van der Waals surface area contributed by atoms with Gasteiger partial charge in [0.15, 0.2) is 12.0 Å². The molecule has 0 saturated carbocycles. The lowest BCUT2D eigenvalue weighted by molar-refractivity contribution is 0.109.